The Morgan fingerprint density at radius 2 is 1.42 bits per heavy atom. The van der Waals surface area contributed by atoms with Gasteiger partial charge in [-0.3, -0.25) is 4.90 Å². The second-order valence-corrected chi connectivity index (χ2v) is 6.03. The van der Waals surface area contributed by atoms with Crippen molar-refractivity contribution in [1.82, 2.24) is 9.80 Å². The Balaban J connectivity index is 1.73. The molecule has 2 heteroatoms. The molecule has 0 aliphatic carbocycles. The molecule has 2 fully saturated rings. The summed E-state index contributed by atoms with van der Waals surface area (Å²) >= 11 is 0. The van der Waals surface area contributed by atoms with E-state index in [0.717, 1.165) is 0 Å². The minimum absolute atomic E-state index is 0.611. The highest BCUT2D eigenvalue weighted by Crippen LogP contribution is 2.26. The van der Waals surface area contributed by atoms with Crippen LogP contribution in [0.4, 0.5) is 0 Å². The first-order chi connectivity index (χ1) is 9.43. The van der Waals surface area contributed by atoms with Gasteiger partial charge in [0, 0.05) is 12.6 Å². The van der Waals surface area contributed by atoms with E-state index in [1.54, 1.807) is 0 Å². The van der Waals surface area contributed by atoms with E-state index in [1.165, 1.54) is 70.4 Å². The van der Waals surface area contributed by atoms with Crippen LogP contribution in [0.3, 0.4) is 0 Å². The normalized spacial score (nSPS) is 23.6. The molecule has 0 radical (unpaired) electrons. The largest absolute Gasteiger partial charge is 0.301 e. The van der Waals surface area contributed by atoms with E-state index in [4.69, 9.17) is 0 Å². The molecule has 0 unspecified atom stereocenters. The third-order valence-electron chi connectivity index (χ3n) is 4.65. The van der Waals surface area contributed by atoms with Crippen LogP contribution in [0.5, 0.6) is 0 Å². The van der Waals surface area contributed by atoms with Crippen molar-refractivity contribution in [2.75, 3.05) is 32.7 Å². The maximum atomic E-state index is 2.72. The van der Waals surface area contributed by atoms with Gasteiger partial charge in [-0.1, -0.05) is 36.8 Å². The molecule has 2 saturated heterocycles. The fourth-order valence-electron chi connectivity index (χ4n) is 3.55. The monoisotopic (exact) mass is 258 g/mol. The second-order valence-electron chi connectivity index (χ2n) is 6.03. The van der Waals surface area contributed by atoms with Crippen LogP contribution in [0, 0.1) is 0 Å². The molecule has 0 amide bonds. The standard InChI is InChI=1S/C17H26N2/c1-3-9-16(10-4-1)17(15-18-11-7-8-12-18)19-13-5-2-6-14-19/h1,3-4,9-10,17H,2,5-8,11-15H2/t17-/m1/s1. The summed E-state index contributed by atoms with van der Waals surface area (Å²) in [4.78, 5) is 5.38. The van der Waals surface area contributed by atoms with Crippen LogP contribution in [0.2, 0.25) is 0 Å². The highest BCUT2D eigenvalue weighted by atomic mass is 15.2. The van der Waals surface area contributed by atoms with E-state index in [9.17, 15) is 0 Å². The van der Waals surface area contributed by atoms with Gasteiger partial charge in [0.05, 0.1) is 0 Å². The third-order valence-corrected chi connectivity index (χ3v) is 4.65. The lowest BCUT2D eigenvalue weighted by molar-refractivity contribution is 0.128. The predicted molar refractivity (Wildman–Crippen MR) is 80.3 cm³/mol. The van der Waals surface area contributed by atoms with Crippen LogP contribution in [0.15, 0.2) is 30.3 Å². The predicted octanol–water partition coefficient (Wildman–Crippen LogP) is 3.31. The molecule has 19 heavy (non-hydrogen) atoms. The topological polar surface area (TPSA) is 6.48 Å². The van der Waals surface area contributed by atoms with Crippen molar-refractivity contribution in [3.8, 4) is 0 Å². The zero-order chi connectivity index (χ0) is 12.9. The average Bonchev–Trinajstić information content (AvgIpc) is 3.00. The fourth-order valence-corrected chi connectivity index (χ4v) is 3.55. The van der Waals surface area contributed by atoms with E-state index in [1.807, 2.05) is 0 Å². The highest BCUT2D eigenvalue weighted by Gasteiger charge is 2.25. The van der Waals surface area contributed by atoms with Crippen LogP contribution in [0.25, 0.3) is 0 Å². The van der Waals surface area contributed by atoms with Crippen molar-refractivity contribution < 1.29 is 0 Å². The van der Waals surface area contributed by atoms with E-state index in [-0.39, 0.29) is 0 Å². The van der Waals surface area contributed by atoms with Crippen LogP contribution in [0.1, 0.15) is 43.7 Å². The van der Waals surface area contributed by atoms with Crippen LogP contribution in [-0.4, -0.2) is 42.5 Å². The van der Waals surface area contributed by atoms with E-state index >= 15 is 0 Å². The Morgan fingerprint density at radius 1 is 0.789 bits per heavy atom. The van der Waals surface area contributed by atoms with Crippen LogP contribution < -0.4 is 0 Å². The SMILES string of the molecule is c1ccc([C@@H](CN2CCCC2)N2CCCCC2)cc1. The number of hydrogen-bond acceptors (Lipinski definition) is 2. The zero-order valence-corrected chi connectivity index (χ0v) is 11.9. The minimum atomic E-state index is 0.611. The van der Waals surface area contributed by atoms with Crippen molar-refractivity contribution in [3.63, 3.8) is 0 Å². The lowest BCUT2D eigenvalue weighted by atomic mass is 10.0. The average molecular weight is 258 g/mol. The summed E-state index contributed by atoms with van der Waals surface area (Å²) in [6.45, 7) is 6.40. The van der Waals surface area contributed by atoms with E-state index in [0.29, 0.717) is 6.04 Å². The Kier molecular flexibility index (Phi) is 4.52. The first-order valence-corrected chi connectivity index (χ1v) is 7.95. The molecule has 0 N–H and O–H groups in total. The molecule has 1 aromatic rings. The smallest absolute Gasteiger partial charge is 0.0475 e. The second kappa shape index (κ2) is 6.53. The molecule has 1 aromatic carbocycles. The summed E-state index contributed by atoms with van der Waals surface area (Å²) in [7, 11) is 0. The fraction of sp³-hybridized carbons (Fsp3) is 0.647. The van der Waals surface area contributed by atoms with E-state index in [2.05, 4.69) is 40.1 Å². The van der Waals surface area contributed by atoms with Gasteiger partial charge in [-0.25, -0.2) is 0 Å². The first kappa shape index (κ1) is 13.1. The Morgan fingerprint density at radius 3 is 2.11 bits per heavy atom. The molecule has 0 saturated carbocycles. The summed E-state index contributed by atoms with van der Waals surface area (Å²) in [5.41, 5.74) is 1.51. The third kappa shape index (κ3) is 3.37. The van der Waals surface area contributed by atoms with Gasteiger partial charge in [0.25, 0.3) is 0 Å². The molecule has 0 spiro atoms. The van der Waals surface area contributed by atoms with Crippen LogP contribution >= 0.6 is 0 Å². The van der Waals surface area contributed by atoms with Gasteiger partial charge >= 0.3 is 0 Å². The molecular weight excluding hydrogens is 232 g/mol. The lowest BCUT2D eigenvalue weighted by Crippen LogP contribution is -2.40. The van der Waals surface area contributed by atoms with Gasteiger partial charge in [0.2, 0.25) is 0 Å². The number of rotatable bonds is 4. The molecule has 2 aliphatic heterocycles. The van der Waals surface area contributed by atoms with Crippen molar-refractivity contribution in [1.29, 1.82) is 0 Å². The Labute approximate surface area is 117 Å². The molecule has 2 nitrogen and oxygen atoms in total. The first-order valence-electron chi connectivity index (χ1n) is 7.95. The number of piperidine rings is 1. The summed E-state index contributed by atoms with van der Waals surface area (Å²) in [6.07, 6.45) is 6.96. The van der Waals surface area contributed by atoms with Gasteiger partial charge in [-0.05, 0) is 57.4 Å². The maximum Gasteiger partial charge on any atom is 0.0475 e. The molecule has 104 valence electrons. The van der Waals surface area contributed by atoms with Crippen molar-refractivity contribution in [2.24, 2.45) is 0 Å². The zero-order valence-electron chi connectivity index (χ0n) is 11.9. The van der Waals surface area contributed by atoms with Crippen molar-refractivity contribution in [2.45, 2.75) is 38.1 Å². The van der Waals surface area contributed by atoms with Crippen molar-refractivity contribution in [3.05, 3.63) is 35.9 Å². The van der Waals surface area contributed by atoms with Crippen molar-refractivity contribution >= 4 is 0 Å². The molecule has 2 heterocycles. The number of benzene rings is 1. The summed E-state index contributed by atoms with van der Waals surface area (Å²) in [6, 6.07) is 11.8. The molecule has 3 rings (SSSR count). The maximum absolute atomic E-state index is 2.72. The molecule has 0 bridgehead atoms. The number of likely N-dealkylation sites (tertiary alicyclic amines) is 2. The lowest BCUT2D eigenvalue weighted by Gasteiger charge is -2.37. The molecule has 1 atom stereocenters. The molecular formula is C17H26N2. The van der Waals surface area contributed by atoms with Gasteiger partial charge in [-0.2, -0.15) is 0 Å². The summed E-state index contributed by atoms with van der Waals surface area (Å²) < 4.78 is 0. The van der Waals surface area contributed by atoms with Gasteiger partial charge < -0.3 is 4.90 Å². The number of nitrogens with zero attached hydrogens (tertiary/aromatic N) is 2. The molecule has 0 aromatic heterocycles. The Hall–Kier alpha value is -0.860. The van der Waals surface area contributed by atoms with Crippen LogP contribution in [-0.2, 0) is 0 Å². The van der Waals surface area contributed by atoms with E-state index < -0.39 is 0 Å². The summed E-state index contributed by atoms with van der Waals surface area (Å²) in [5, 5.41) is 0. The molecule has 2 aliphatic rings. The van der Waals surface area contributed by atoms with Gasteiger partial charge in [0.15, 0.2) is 0 Å². The number of hydrogen-bond donors (Lipinski definition) is 0. The minimum Gasteiger partial charge on any atom is -0.301 e. The highest BCUT2D eigenvalue weighted by molar-refractivity contribution is 5.19. The quantitative estimate of drug-likeness (QED) is 0.817. The Bertz CT molecular complexity index is 364. The summed E-state index contributed by atoms with van der Waals surface area (Å²) in [5.74, 6) is 0. The van der Waals surface area contributed by atoms with Gasteiger partial charge in [-0.15, -0.1) is 0 Å². The van der Waals surface area contributed by atoms with Gasteiger partial charge in [0.1, 0.15) is 0 Å².